The molecule has 1 amide bonds. The number of nitrogens with one attached hydrogen (secondary N) is 1. The summed E-state index contributed by atoms with van der Waals surface area (Å²) in [5.74, 6) is 0.661. The molecule has 8 nitrogen and oxygen atoms in total. The fourth-order valence-electron chi connectivity index (χ4n) is 4.07. The molecule has 0 aliphatic heterocycles. The third-order valence-corrected chi connectivity index (χ3v) is 6.76. The molecule has 1 heterocycles. The van der Waals surface area contributed by atoms with Crippen LogP contribution in [-0.4, -0.2) is 44.8 Å². The summed E-state index contributed by atoms with van der Waals surface area (Å²) in [6.07, 6.45) is 1.79. The quantitative estimate of drug-likeness (QED) is 0.135. The summed E-state index contributed by atoms with van der Waals surface area (Å²) in [4.78, 5) is 29.9. The standard InChI is InChI=1S/C31H30N2O6S/c1-5-39-28(34)18-24-19-40-31(32-24)33-30(35)25(15-20-16-26(36-2)29(38-4)27(17-20)37-3)23-13-11-22(12-14-23)21-9-7-6-8-10-21/h6-17,19H,5,18H2,1-4H3,(H,32,33,35)/b25-15+. The molecule has 0 atom stereocenters. The van der Waals surface area contributed by atoms with Gasteiger partial charge in [0.25, 0.3) is 5.91 Å². The van der Waals surface area contributed by atoms with E-state index in [1.54, 1.807) is 30.5 Å². The number of anilines is 1. The van der Waals surface area contributed by atoms with Gasteiger partial charge in [-0.2, -0.15) is 0 Å². The number of nitrogens with zero attached hydrogens (tertiary/aromatic N) is 1. The van der Waals surface area contributed by atoms with Crippen molar-refractivity contribution in [3.8, 4) is 28.4 Å². The van der Waals surface area contributed by atoms with E-state index in [9.17, 15) is 9.59 Å². The van der Waals surface area contributed by atoms with Crippen molar-refractivity contribution in [3.05, 3.63) is 88.9 Å². The normalized spacial score (nSPS) is 11.1. The number of benzene rings is 3. The van der Waals surface area contributed by atoms with E-state index >= 15 is 0 Å². The smallest absolute Gasteiger partial charge is 0.311 e. The molecular formula is C31H30N2O6S. The van der Waals surface area contributed by atoms with Crippen LogP contribution in [0.3, 0.4) is 0 Å². The third kappa shape index (κ3) is 6.86. The van der Waals surface area contributed by atoms with Crippen molar-refractivity contribution in [2.24, 2.45) is 0 Å². The van der Waals surface area contributed by atoms with Gasteiger partial charge in [-0.1, -0.05) is 54.6 Å². The predicted molar refractivity (Wildman–Crippen MR) is 157 cm³/mol. The highest BCUT2D eigenvalue weighted by Crippen LogP contribution is 2.39. The summed E-state index contributed by atoms with van der Waals surface area (Å²) in [6, 6.07) is 21.3. The van der Waals surface area contributed by atoms with Crippen LogP contribution in [0.5, 0.6) is 17.2 Å². The number of hydrogen-bond acceptors (Lipinski definition) is 8. The molecule has 1 N–H and O–H groups in total. The summed E-state index contributed by atoms with van der Waals surface area (Å²) in [5, 5.41) is 4.98. The number of amides is 1. The molecule has 0 aliphatic rings. The molecule has 206 valence electrons. The Balaban J connectivity index is 1.70. The topological polar surface area (TPSA) is 96.0 Å². The van der Waals surface area contributed by atoms with E-state index in [-0.39, 0.29) is 18.3 Å². The highest BCUT2D eigenvalue weighted by atomic mass is 32.1. The number of carbonyl (C=O) groups excluding carboxylic acids is 2. The lowest BCUT2D eigenvalue weighted by molar-refractivity contribution is -0.142. The Hall–Kier alpha value is -4.63. The highest BCUT2D eigenvalue weighted by molar-refractivity contribution is 7.14. The van der Waals surface area contributed by atoms with E-state index in [4.69, 9.17) is 18.9 Å². The van der Waals surface area contributed by atoms with E-state index in [2.05, 4.69) is 10.3 Å². The first-order valence-electron chi connectivity index (χ1n) is 12.5. The summed E-state index contributed by atoms with van der Waals surface area (Å²) < 4.78 is 21.4. The SMILES string of the molecule is CCOC(=O)Cc1csc(NC(=O)/C(=C/c2cc(OC)c(OC)c(OC)c2)c2ccc(-c3ccccc3)cc2)n1. The molecule has 4 rings (SSSR count). The second-order valence-electron chi connectivity index (χ2n) is 8.54. The van der Waals surface area contributed by atoms with Crippen LogP contribution < -0.4 is 19.5 Å². The molecule has 3 aromatic carbocycles. The number of methoxy groups -OCH3 is 3. The molecule has 0 fully saturated rings. The zero-order valence-corrected chi connectivity index (χ0v) is 23.5. The van der Waals surface area contributed by atoms with Crippen LogP contribution in [0.2, 0.25) is 0 Å². The largest absolute Gasteiger partial charge is 0.493 e. The van der Waals surface area contributed by atoms with Gasteiger partial charge in [0.15, 0.2) is 16.6 Å². The van der Waals surface area contributed by atoms with Gasteiger partial charge in [-0.15, -0.1) is 11.3 Å². The Morgan fingerprint density at radius 3 is 2.15 bits per heavy atom. The van der Waals surface area contributed by atoms with Gasteiger partial charge < -0.3 is 18.9 Å². The zero-order chi connectivity index (χ0) is 28.5. The summed E-state index contributed by atoms with van der Waals surface area (Å²) >= 11 is 1.24. The molecular weight excluding hydrogens is 528 g/mol. The van der Waals surface area contributed by atoms with E-state index in [0.717, 1.165) is 11.1 Å². The van der Waals surface area contributed by atoms with Gasteiger partial charge in [0.05, 0.1) is 40.1 Å². The van der Waals surface area contributed by atoms with Crippen LogP contribution >= 0.6 is 11.3 Å². The summed E-state index contributed by atoms with van der Waals surface area (Å²) in [6.45, 7) is 2.05. The number of esters is 1. The van der Waals surface area contributed by atoms with E-state index < -0.39 is 0 Å². The molecule has 0 spiro atoms. The lowest BCUT2D eigenvalue weighted by Crippen LogP contribution is -2.14. The van der Waals surface area contributed by atoms with Crippen molar-refractivity contribution < 1.29 is 28.5 Å². The maximum Gasteiger partial charge on any atom is 0.311 e. The van der Waals surface area contributed by atoms with Crippen LogP contribution in [0.1, 0.15) is 23.7 Å². The molecule has 0 unspecified atom stereocenters. The Kier molecular flexibility index (Phi) is 9.53. The number of aromatic nitrogens is 1. The Bertz CT molecular complexity index is 1470. The molecule has 40 heavy (non-hydrogen) atoms. The average molecular weight is 559 g/mol. The van der Waals surface area contributed by atoms with Gasteiger partial charge >= 0.3 is 5.97 Å². The second kappa shape index (κ2) is 13.4. The fourth-order valence-corrected chi connectivity index (χ4v) is 4.78. The van der Waals surface area contributed by atoms with Crippen molar-refractivity contribution in [1.82, 2.24) is 4.98 Å². The van der Waals surface area contributed by atoms with E-state index in [0.29, 0.717) is 51.4 Å². The number of carbonyl (C=O) groups is 2. The minimum atomic E-state index is -0.368. The van der Waals surface area contributed by atoms with Crippen LogP contribution in [-0.2, 0) is 20.7 Å². The Morgan fingerprint density at radius 2 is 1.55 bits per heavy atom. The zero-order valence-electron chi connectivity index (χ0n) is 22.7. The van der Waals surface area contributed by atoms with E-state index in [1.165, 1.54) is 32.7 Å². The fraction of sp³-hybridized carbons (Fsp3) is 0.194. The van der Waals surface area contributed by atoms with Crippen LogP contribution in [0.25, 0.3) is 22.8 Å². The Labute approximate surface area is 237 Å². The van der Waals surface area contributed by atoms with Gasteiger partial charge in [-0.05, 0) is 47.4 Å². The van der Waals surface area contributed by atoms with Gasteiger partial charge in [0, 0.05) is 11.0 Å². The minimum absolute atomic E-state index is 0.0370. The first-order chi connectivity index (χ1) is 19.4. The summed E-state index contributed by atoms with van der Waals surface area (Å²) in [5.41, 5.74) is 4.41. The lowest BCUT2D eigenvalue weighted by Gasteiger charge is -2.14. The number of ether oxygens (including phenoxy) is 4. The third-order valence-electron chi connectivity index (χ3n) is 5.95. The van der Waals surface area contributed by atoms with Crippen LogP contribution in [0.15, 0.2) is 72.1 Å². The molecule has 0 bridgehead atoms. The van der Waals surface area contributed by atoms with Crippen molar-refractivity contribution in [1.29, 1.82) is 0 Å². The minimum Gasteiger partial charge on any atom is -0.493 e. The van der Waals surface area contributed by atoms with Crippen molar-refractivity contribution in [3.63, 3.8) is 0 Å². The van der Waals surface area contributed by atoms with Crippen molar-refractivity contribution in [2.45, 2.75) is 13.3 Å². The van der Waals surface area contributed by atoms with Gasteiger partial charge in [-0.25, -0.2) is 4.98 Å². The number of rotatable bonds is 11. The van der Waals surface area contributed by atoms with Crippen LogP contribution in [0, 0.1) is 0 Å². The molecule has 1 aromatic heterocycles. The lowest BCUT2D eigenvalue weighted by atomic mass is 9.98. The molecule has 4 aromatic rings. The van der Waals surface area contributed by atoms with Crippen molar-refractivity contribution >= 4 is 40.0 Å². The highest BCUT2D eigenvalue weighted by Gasteiger charge is 2.18. The van der Waals surface area contributed by atoms with Gasteiger partial charge in [0.1, 0.15) is 0 Å². The summed E-state index contributed by atoms with van der Waals surface area (Å²) in [7, 11) is 4.61. The predicted octanol–water partition coefficient (Wildman–Crippen LogP) is 6.12. The maximum atomic E-state index is 13.6. The first kappa shape index (κ1) is 28.4. The monoisotopic (exact) mass is 558 g/mol. The second-order valence-corrected chi connectivity index (χ2v) is 9.40. The molecule has 9 heteroatoms. The number of hydrogen-bond donors (Lipinski definition) is 1. The number of thiazole rings is 1. The van der Waals surface area contributed by atoms with E-state index in [1.807, 2.05) is 54.6 Å². The maximum absolute atomic E-state index is 13.6. The Morgan fingerprint density at radius 1 is 0.900 bits per heavy atom. The molecule has 0 radical (unpaired) electrons. The molecule has 0 aliphatic carbocycles. The van der Waals surface area contributed by atoms with Gasteiger partial charge in [-0.3, -0.25) is 14.9 Å². The first-order valence-corrected chi connectivity index (χ1v) is 13.4. The average Bonchev–Trinajstić information content (AvgIpc) is 3.42. The van der Waals surface area contributed by atoms with Gasteiger partial charge in [0.2, 0.25) is 5.75 Å². The van der Waals surface area contributed by atoms with Crippen molar-refractivity contribution in [2.75, 3.05) is 33.3 Å². The van der Waals surface area contributed by atoms with Crippen LogP contribution in [0.4, 0.5) is 5.13 Å². The molecule has 0 saturated carbocycles. The molecule has 0 saturated heterocycles.